The van der Waals surface area contributed by atoms with Crippen molar-refractivity contribution in [1.82, 2.24) is 16.0 Å². The molecule has 182 valence electrons. The van der Waals surface area contributed by atoms with Crippen LogP contribution in [0.25, 0.3) is 0 Å². The fourth-order valence-electron chi connectivity index (χ4n) is 2.56. The van der Waals surface area contributed by atoms with Gasteiger partial charge in [-0.05, 0) is 19.3 Å². The van der Waals surface area contributed by atoms with Crippen LogP contribution >= 0.6 is 0 Å². The third-order valence-corrected chi connectivity index (χ3v) is 4.36. The van der Waals surface area contributed by atoms with Gasteiger partial charge in [-0.15, -0.1) is 0 Å². The highest BCUT2D eigenvalue weighted by Gasteiger charge is 2.33. The van der Waals surface area contributed by atoms with E-state index in [0.717, 1.165) is 0 Å². The van der Waals surface area contributed by atoms with E-state index in [0.29, 0.717) is 0 Å². The third-order valence-electron chi connectivity index (χ3n) is 4.36. The summed E-state index contributed by atoms with van der Waals surface area (Å²) >= 11 is 0. The number of hydrogen-bond acceptors (Lipinski definition) is 8. The Hall–Kier alpha value is -3.26. The second kappa shape index (κ2) is 13.2. The lowest BCUT2D eigenvalue weighted by molar-refractivity contribution is -0.145. The second-order valence-corrected chi connectivity index (χ2v) is 7.64. The zero-order valence-corrected chi connectivity index (χ0v) is 18.2. The van der Waals surface area contributed by atoms with Gasteiger partial charge >= 0.3 is 5.97 Å². The lowest BCUT2D eigenvalue weighted by atomic mass is 10.0. The van der Waals surface area contributed by atoms with Crippen LogP contribution in [-0.2, 0) is 28.8 Å². The summed E-state index contributed by atoms with van der Waals surface area (Å²) < 4.78 is 0. The number of rotatable bonds is 14. The molecule has 14 heteroatoms. The van der Waals surface area contributed by atoms with Gasteiger partial charge in [0.15, 0.2) is 6.04 Å². The fourth-order valence-corrected chi connectivity index (χ4v) is 2.56. The molecule has 32 heavy (non-hydrogen) atoms. The number of nitrogens with two attached hydrogens (primary N) is 3. The van der Waals surface area contributed by atoms with Crippen molar-refractivity contribution >= 4 is 35.5 Å². The van der Waals surface area contributed by atoms with Gasteiger partial charge in [0, 0.05) is 6.42 Å². The zero-order chi connectivity index (χ0) is 25.2. The molecule has 5 atom stereocenters. The van der Waals surface area contributed by atoms with Crippen molar-refractivity contribution in [3.63, 3.8) is 0 Å². The first kappa shape index (κ1) is 28.7. The van der Waals surface area contributed by atoms with Crippen LogP contribution in [0.2, 0.25) is 0 Å². The smallest absolute Gasteiger partial charge is 0.328 e. The summed E-state index contributed by atoms with van der Waals surface area (Å²) in [6.07, 6.45) is -2.41. The Kier molecular flexibility index (Phi) is 11.9. The number of amides is 5. The van der Waals surface area contributed by atoms with E-state index < -0.39 is 78.1 Å². The summed E-state index contributed by atoms with van der Waals surface area (Å²) in [4.78, 5) is 70.8. The monoisotopic (exact) mass is 460 g/mol. The van der Waals surface area contributed by atoms with Gasteiger partial charge in [0.1, 0.15) is 12.1 Å². The highest BCUT2D eigenvalue weighted by molar-refractivity contribution is 5.95. The summed E-state index contributed by atoms with van der Waals surface area (Å²) in [6, 6.07) is -5.54. The van der Waals surface area contributed by atoms with E-state index in [1.807, 2.05) is 0 Å². The van der Waals surface area contributed by atoms with Crippen molar-refractivity contribution in [3.8, 4) is 0 Å². The van der Waals surface area contributed by atoms with E-state index in [9.17, 15) is 33.9 Å². The molecule has 0 spiro atoms. The Morgan fingerprint density at radius 3 is 1.75 bits per heavy atom. The van der Waals surface area contributed by atoms with Crippen molar-refractivity contribution in [2.75, 3.05) is 0 Å². The topological polar surface area (TPSA) is 257 Å². The first-order chi connectivity index (χ1) is 14.7. The molecule has 0 aromatic rings. The molecule has 0 aromatic carbocycles. The predicted molar refractivity (Wildman–Crippen MR) is 110 cm³/mol. The van der Waals surface area contributed by atoms with Crippen LogP contribution < -0.4 is 33.2 Å². The first-order valence-corrected chi connectivity index (χ1v) is 9.81. The molecular weight excluding hydrogens is 428 g/mol. The molecule has 14 nitrogen and oxygen atoms in total. The molecule has 0 aliphatic heterocycles. The number of carboxylic acids is 1. The van der Waals surface area contributed by atoms with E-state index in [-0.39, 0.29) is 12.8 Å². The van der Waals surface area contributed by atoms with Crippen molar-refractivity contribution in [2.45, 2.75) is 70.3 Å². The van der Waals surface area contributed by atoms with Gasteiger partial charge in [-0.1, -0.05) is 13.8 Å². The molecule has 0 aliphatic rings. The third kappa shape index (κ3) is 10.2. The maximum atomic E-state index is 12.8. The molecule has 0 saturated carbocycles. The standard InChI is InChI=1S/C18H32N6O8/c1-7(2)13(17(30)24-14(8(3)25)18(31)32)23-16(29)10(4-5-11(20)26)22-15(28)9(19)6-12(21)27/h7-10,13-14,25H,4-6,19H2,1-3H3,(H2,20,26)(H2,21,27)(H,22,28)(H,23,29)(H,24,30)(H,31,32). The highest BCUT2D eigenvalue weighted by Crippen LogP contribution is 2.07. The van der Waals surface area contributed by atoms with E-state index in [2.05, 4.69) is 16.0 Å². The zero-order valence-electron chi connectivity index (χ0n) is 18.2. The average molecular weight is 460 g/mol. The molecule has 0 heterocycles. The number of hydrogen-bond donors (Lipinski definition) is 8. The number of carbonyl (C=O) groups excluding carboxylic acids is 5. The number of carbonyl (C=O) groups is 6. The predicted octanol–water partition coefficient (Wildman–Crippen LogP) is -3.97. The average Bonchev–Trinajstić information content (AvgIpc) is 2.65. The first-order valence-electron chi connectivity index (χ1n) is 9.81. The van der Waals surface area contributed by atoms with Crippen LogP contribution in [0.1, 0.15) is 40.0 Å². The second-order valence-electron chi connectivity index (χ2n) is 7.64. The Morgan fingerprint density at radius 1 is 0.812 bits per heavy atom. The van der Waals surface area contributed by atoms with Gasteiger partial charge in [-0.3, -0.25) is 24.0 Å². The molecule has 0 fully saturated rings. The number of aliphatic carboxylic acids is 1. The summed E-state index contributed by atoms with van der Waals surface area (Å²) in [6.45, 7) is 4.32. The van der Waals surface area contributed by atoms with Crippen LogP contribution in [0.5, 0.6) is 0 Å². The maximum Gasteiger partial charge on any atom is 0.328 e. The van der Waals surface area contributed by atoms with Gasteiger partial charge in [0.25, 0.3) is 0 Å². The van der Waals surface area contributed by atoms with Crippen molar-refractivity contribution in [1.29, 1.82) is 0 Å². The Morgan fingerprint density at radius 2 is 1.34 bits per heavy atom. The molecule has 0 bridgehead atoms. The normalized spacial score (nSPS) is 15.6. The minimum Gasteiger partial charge on any atom is -0.480 e. The van der Waals surface area contributed by atoms with Crippen LogP contribution in [0.3, 0.4) is 0 Å². The van der Waals surface area contributed by atoms with E-state index in [1.54, 1.807) is 13.8 Å². The molecular formula is C18H32N6O8. The Bertz CT molecular complexity index is 726. The molecule has 0 radical (unpaired) electrons. The van der Waals surface area contributed by atoms with Gasteiger partial charge in [-0.2, -0.15) is 0 Å². The van der Waals surface area contributed by atoms with E-state index >= 15 is 0 Å². The fraction of sp³-hybridized carbons (Fsp3) is 0.667. The van der Waals surface area contributed by atoms with Gasteiger partial charge in [-0.25, -0.2) is 4.79 Å². The van der Waals surface area contributed by atoms with Gasteiger partial charge < -0.3 is 43.4 Å². The summed E-state index contributed by atoms with van der Waals surface area (Å²) in [5.74, 6) is -6.23. The van der Waals surface area contributed by atoms with Gasteiger partial charge in [0.2, 0.25) is 29.5 Å². The molecule has 5 amide bonds. The Labute approximate surface area is 184 Å². The lowest BCUT2D eigenvalue weighted by Crippen LogP contribution is -2.59. The number of nitrogens with one attached hydrogen (secondary N) is 3. The molecule has 0 aromatic heterocycles. The van der Waals surface area contributed by atoms with Crippen LogP contribution in [0.15, 0.2) is 0 Å². The summed E-state index contributed by atoms with van der Waals surface area (Å²) in [5, 5.41) is 25.5. The van der Waals surface area contributed by atoms with Crippen molar-refractivity contribution < 1.29 is 39.0 Å². The number of carboxylic acid groups (broad SMARTS) is 1. The number of aliphatic hydroxyl groups is 1. The summed E-state index contributed by atoms with van der Waals surface area (Å²) in [5.41, 5.74) is 15.6. The molecule has 5 unspecified atom stereocenters. The largest absolute Gasteiger partial charge is 0.480 e. The number of primary amides is 2. The van der Waals surface area contributed by atoms with Crippen molar-refractivity contribution in [3.05, 3.63) is 0 Å². The minimum atomic E-state index is -1.61. The lowest BCUT2D eigenvalue weighted by Gasteiger charge is -2.27. The van der Waals surface area contributed by atoms with E-state index in [1.165, 1.54) is 6.92 Å². The van der Waals surface area contributed by atoms with Crippen LogP contribution in [0.4, 0.5) is 0 Å². The molecule has 0 aliphatic carbocycles. The highest BCUT2D eigenvalue weighted by atomic mass is 16.4. The number of aliphatic hydroxyl groups excluding tert-OH is 1. The molecule has 0 saturated heterocycles. The molecule has 0 rings (SSSR count). The van der Waals surface area contributed by atoms with Crippen LogP contribution in [0, 0.1) is 5.92 Å². The molecule has 11 N–H and O–H groups in total. The van der Waals surface area contributed by atoms with Gasteiger partial charge in [0.05, 0.1) is 18.6 Å². The summed E-state index contributed by atoms with van der Waals surface area (Å²) in [7, 11) is 0. The Balaban J connectivity index is 5.49. The minimum absolute atomic E-state index is 0.228. The maximum absolute atomic E-state index is 12.8. The van der Waals surface area contributed by atoms with Crippen molar-refractivity contribution in [2.24, 2.45) is 23.1 Å². The quantitative estimate of drug-likeness (QED) is 0.125. The van der Waals surface area contributed by atoms with E-state index in [4.69, 9.17) is 22.3 Å². The SMILES string of the molecule is CC(C)C(NC(=O)C(CCC(N)=O)NC(=O)C(N)CC(N)=O)C(=O)NC(C(=O)O)C(C)O. The van der Waals surface area contributed by atoms with Crippen LogP contribution in [-0.4, -0.2) is 76.0 Å².